The molecule has 2 fully saturated rings. The van der Waals surface area contributed by atoms with Crippen molar-refractivity contribution in [3.63, 3.8) is 0 Å². The minimum Gasteiger partial charge on any atom is -0.444 e. The van der Waals surface area contributed by atoms with Crippen LogP contribution in [0, 0.1) is 0 Å². The summed E-state index contributed by atoms with van der Waals surface area (Å²) in [6, 6.07) is 8.05. The summed E-state index contributed by atoms with van der Waals surface area (Å²) in [5.41, 5.74) is 2.03. The number of benzene rings is 1. The van der Waals surface area contributed by atoms with Crippen LogP contribution in [0.15, 0.2) is 24.3 Å². The topological polar surface area (TPSA) is 42.0 Å². The van der Waals surface area contributed by atoms with Gasteiger partial charge in [-0.25, -0.2) is 4.79 Å². The number of hydrogen-bond donors (Lipinski definition) is 0. The maximum atomic E-state index is 11.7. The van der Waals surface area contributed by atoms with Crippen LogP contribution < -0.4 is 9.80 Å². The van der Waals surface area contributed by atoms with Crippen molar-refractivity contribution in [2.24, 2.45) is 0 Å². The Hall–Kier alpha value is -1.75. The van der Waals surface area contributed by atoms with Crippen LogP contribution in [0.3, 0.4) is 0 Å². The number of rotatable bonds is 2. The number of hydrogen-bond acceptors (Lipinski definition) is 4. The van der Waals surface area contributed by atoms with Gasteiger partial charge in [-0.3, -0.25) is 4.90 Å². The fourth-order valence-electron chi connectivity index (χ4n) is 2.49. The number of ether oxygens (including phenoxy) is 2. The zero-order chi connectivity index (χ0) is 13.2. The molecule has 0 aromatic heterocycles. The first-order valence-electron chi connectivity index (χ1n) is 6.65. The molecule has 1 atom stereocenters. The summed E-state index contributed by atoms with van der Waals surface area (Å²) in [5, 5.41) is 0. The Labute approximate surface area is 112 Å². The van der Waals surface area contributed by atoms with Crippen LogP contribution in [-0.4, -0.2) is 45.0 Å². The van der Waals surface area contributed by atoms with E-state index in [0.29, 0.717) is 6.54 Å². The maximum Gasteiger partial charge on any atom is 0.414 e. The Morgan fingerprint density at radius 2 is 1.95 bits per heavy atom. The molecule has 102 valence electrons. The minimum absolute atomic E-state index is 0.0421. The second-order valence-corrected chi connectivity index (χ2v) is 4.92. The van der Waals surface area contributed by atoms with E-state index in [1.807, 2.05) is 25.1 Å². The molecular weight excluding hydrogens is 244 g/mol. The molecule has 5 nitrogen and oxygen atoms in total. The number of amides is 1. The van der Waals surface area contributed by atoms with Crippen molar-refractivity contribution in [3.8, 4) is 0 Å². The lowest BCUT2D eigenvalue weighted by Crippen LogP contribution is -2.36. The summed E-state index contributed by atoms with van der Waals surface area (Å²) in [7, 11) is 0. The van der Waals surface area contributed by atoms with Crippen LogP contribution in [0.4, 0.5) is 16.2 Å². The third-order valence-corrected chi connectivity index (χ3v) is 3.48. The minimum atomic E-state index is -0.258. The molecule has 1 aromatic carbocycles. The van der Waals surface area contributed by atoms with Crippen molar-refractivity contribution in [1.82, 2.24) is 0 Å². The van der Waals surface area contributed by atoms with E-state index >= 15 is 0 Å². The van der Waals surface area contributed by atoms with E-state index in [4.69, 9.17) is 9.47 Å². The number of cyclic esters (lactones) is 1. The highest BCUT2D eigenvalue weighted by molar-refractivity contribution is 5.90. The van der Waals surface area contributed by atoms with Gasteiger partial charge in [0.05, 0.1) is 19.8 Å². The zero-order valence-electron chi connectivity index (χ0n) is 11.0. The van der Waals surface area contributed by atoms with E-state index < -0.39 is 0 Å². The predicted octanol–water partition coefficient (Wildman–Crippen LogP) is 1.87. The highest BCUT2D eigenvalue weighted by atomic mass is 16.6. The van der Waals surface area contributed by atoms with Gasteiger partial charge in [0.25, 0.3) is 0 Å². The number of carbonyl (C=O) groups is 1. The van der Waals surface area contributed by atoms with Gasteiger partial charge in [0, 0.05) is 24.5 Å². The highest BCUT2D eigenvalue weighted by Crippen LogP contribution is 2.26. The lowest BCUT2D eigenvalue weighted by Gasteiger charge is -2.29. The Morgan fingerprint density at radius 3 is 2.63 bits per heavy atom. The molecule has 2 saturated heterocycles. The third-order valence-electron chi connectivity index (χ3n) is 3.48. The first-order chi connectivity index (χ1) is 9.24. The van der Waals surface area contributed by atoms with Gasteiger partial charge in [-0.1, -0.05) is 6.07 Å². The van der Waals surface area contributed by atoms with E-state index in [-0.39, 0.29) is 12.2 Å². The van der Waals surface area contributed by atoms with Crippen LogP contribution in [0.1, 0.15) is 6.92 Å². The molecule has 19 heavy (non-hydrogen) atoms. The monoisotopic (exact) mass is 262 g/mol. The summed E-state index contributed by atoms with van der Waals surface area (Å²) < 4.78 is 10.5. The molecule has 1 aromatic rings. The van der Waals surface area contributed by atoms with E-state index in [1.165, 1.54) is 0 Å². The maximum absolute atomic E-state index is 11.7. The molecule has 0 N–H and O–H groups in total. The number of morpholine rings is 1. The number of carbonyl (C=O) groups excluding carboxylic acids is 1. The normalized spacial score (nSPS) is 23.6. The Balaban J connectivity index is 1.81. The average Bonchev–Trinajstić information content (AvgIpc) is 2.79. The molecular formula is C14H18N2O3. The number of anilines is 2. The molecule has 2 aliphatic heterocycles. The van der Waals surface area contributed by atoms with Crippen molar-refractivity contribution in [2.75, 3.05) is 42.6 Å². The van der Waals surface area contributed by atoms with Crippen LogP contribution in [0.25, 0.3) is 0 Å². The quantitative estimate of drug-likeness (QED) is 0.816. The van der Waals surface area contributed by atoms with Gasteiger partial charge >= 0.3 is 6.09 Å². The largest absolute Gasteiger partial charge is 0.444 e. The van der Waals surface area contributed by atoms with Crippen molar-refractivity contribution >= 4 is 17.5 Å². The van der Waals surface area contributed by atoms with Gasteiger partial charge in [0.15, 0.2) is 0 Å². The summed E-state index contributed by atoms with van der Waals surface area (Å²) in [6.07, 6.45) is -0.300. The number of nitrogens with zero attached hydrogens (tertiary/aromatic N) is 2. The Morgan fingerprint density at radius 1 is 1.21 bits per heavy atom. The van der Waals surface area contributed by atoms with Crippen molar-refractivity contribution in [1.29, 1.82) is 0 Å². The Kier molecular flexibility index (Phi) is 3.29. The van der Waals surface area contributed by atoms with Crippen LogP contribution in [-0.2, 0) is 9.47 Å². The van der Waals surface area contributed by atoms with E-state index in [1.54, 1.807) is 4.90 Å². The SMILES string of the molecule is C[C@@H]1CN(c2cccc(N3CCOCC3)c2)C(=O)O1. The van der Waals surface area contributed by atoms with E-state index in [2.05, 4.69) is 11.0 Å². The lowest BCUT2D eigenvalue weighted by molar-refractivity contribution is 0.122. The second-order valence-electron chi connectivity index (χ2n) is 4.92. The molecule has 0 unspecified atom stereocenters. The highest BCUT2D eigenvalue weighted by Gasteiger charge is 2.29. The third kappa shape index (κ3) is 2.51. The van der Waals surface area contributed by atoms with Crippen molar-refractivity contribution < 1.29 is 14.3 Å². The first kappa shape index (κ1) is 12.3. The van der Waals surface area contributed by atoms with Gasteiger partial charge in [-0.2, -0.15) is 0 Å². The van der Waals surface area contributed by atoms with Crippen LogP contribution in [0.5, 0.6) is 0 Å². The molecule has 2 aliphatic rings. The molecule has 0 spiro atoms. The molecule has 2 heterocycles. The molecule has 5 heteroatoms. The summed E-state index contributed by atoms with van der Waals surface area (Å²) in [5.74, 6) is 0. The lowest BCUT2D eigenvalue weighted by atomic mass is 10.2. The Bertz CT molecular complexity index is 472. The smallest absolute Gasteiger partial charge is 0.414 e. The first-order valence-corrected chi connectivity index (χ1v) is 6.65. The fraction of sp³-hybridized carbons (Fsp3) is 0.500. The summed E-state index contributed by atoms with van der Waals surface area (Å²) in [6.45, 7) is 5.82. The predicted molar refractivity (Wildman–Crippen MR) is 72.8 cm³/mol. The van der Waals surface area contributed by atoms with Gasteiger partial charge in [-0.05, 0) is 25.1 Å². The van der Waals surface area contributed by atoms with Crippen LogP contribution in [0.2, 0.25) is 0 Å². The van der Waals surface area contributed by atoms with E-state index in [9.17, 15) is 4.79 Å². The van der Waals surface area contributed by atoms with Crippen molar-refractivity contribution in [3.05, 3.63) is 24.3 Å². The van der Waals surface area contributed by atoms with E-state index in [0.717, 1.165) is 37.7 Å². The van der Waals surface area contributed by atoms with Crippen LogP contribution >= 0.6 is 0 Å². The zero-order valence-corrected chi connectivity index (χ0v) is 11.0. The molecule has 1 amide bonds. The average molecular weight is 262 g/mol. The summed E-state index contributed by atoms with van der Waals surface area (Å²) in [4.78, 5) is 15.7. The molecule has 0 aliphatic carbocycles. The van der Waals surface area contributed by atoms with Gasteiger partial charge in [0.1, 0.15) is 6.10 Å². The molecule has 0 saturated carbocycles. The van der Waals surface area contributed by atoms with Gasteiger partial charge in [0.2, 0.25) is 0 Å². The molecule has 3 rings (SSSR count). The molecule has 0 radical (unpaired) electrons. The second kappa shape index (κ2) is 5.09. The van der Waals surface area contributed by atoms with Gasteiger partial charge in [-0.15, -0.1) is 0 Å². The fourth-order valence-corrected chi connectivity index (χ4v) is 2.49. The van der Waals surface area contributed by atoms with Gasteiger partial charge < -0.3 is 14.4 Å². The van der Waals surface area contributed by atoms with Crippen molar-refractivity contribution in [2.45, 2.75) is 13.0 Å². The molecule has 0 bridgehead atoms. The standard InChI is InChI=1S/C14H18N2O3/c1-11-10-16(14(17)19-11)13-4-2-3-12(9-13)15-5-7-18-8-6-15/h2-4,9,11H,5-8,10H2,1H3/t11-/m1/s1. The summed E-state index contributed by atoms with van der Waals surface area (Å²) >= 11 is 0.